The molecule has 1 aliphatic heterocycles. The summed E-state index contributed by atoms with van der Waals surface area (Å²) in [7, 11) is 0. The molecular weight excluding hydrogens is 330 g/mol. The fourth-order valence-electron chi connectivity index (χ4n) is 3.95. The maximum Gasteiger partial charge on any atom is 0.307 e. The van der Waals surface area contributed by atoms with Gasteiger partial charge in [-0.1, -0.05) is 50.3 Å². The molecule has 0 amide bonds. The molecule has 0 aliphatic carbocycles. The Morgan fingerprint density at radius 1 is 1.31 bits per heavy atom. The zero-order valence-corrected chi connectivity index (χ0v) is 15.6. The van der Waals surface area contributed by atoms with Gasteiger partial charge in [0.25, 0.3) is 0 Å². The first-order chi connectivity index (χ1) is 12.4. The van der Waals surface area contributed by atoms with Crippen LogP contribution in [0.15, 0.2) is 24.3 Å². The van der Waals surface area contributed by atoms with E-state index in [0.29, 0.717) is 18.2 Å². The van der Waals surface area contributed by atoms with Crippen LogP contribution in [0.5, 0.6) is 0 Å². The summed E-state index contributed by atoms with van der Waals surface area (Å²) < 4.78 is 0. The number of nitrogens with zero attached hydrogens (tertiary/aromatic N) is 3. The van der Waals surface area contributed by atoms with E-state index in [2.05, 4.69) is 50.2 Å². The molecule has 1 aliphatic rings. The Hall–Kier alpha value is -2.28. The normalized spacial score (nSPS) is 20.0. The van der Waals surface area contributed by atoms with Crippen LogP contribution in [0, 0.1) is 11.3 Å². The van der Waals surface area contributed by atoms with Crippen molar-refractivity contribution in [3.05, 3.63) is 41.2 Å². The Morgan fingerprint density at radius 2 is 2.04 bits per heavy atom. The molecule has 140 valence electrons. The largest absolute Gasteiger partial charge is 0.481 e. The number of nitrogens with one attached hydrogen (secondary N) is 2. The molecule has 3 N–H and O–H groups in total. The first-order valence-electron chi connectivity index (χ1n) is 9.12. The van der Waals surface area contributed by atoms with Crippen LogP contribution >= 0.6 is 0 Å². The molecule has 1 saturated heterocycles. The Balaban J connectivity index is 1.85. The summed E-state index contributed by atoms with van der Waals surface area (Å²) in [4.78, 5) is 12.0. The third-order valence-corrected chi connectivity index (χ3v) is 5.26. The average Bonchev–Trinajstić information content (AvgIpc) is 3.27. The Bertz CT molecular complexity index is 715. The summed E-state index contributed by atoms with van der Waals surface area (Å²) >= 11 is 0. The lowest BCUT2D eigenvalue weighted by Crippen LogP contribution is -2.35. The van der Waals surface area contributed by atoms with Crippen LogP contribution < -0.4 is 5.32 Å². The quantitative estimate of drug-likeness (QED) is 0.733. The first kappa shape index (κ1) is 18.5. The topological polar surface area (TPSA) is 104 Å². The lowest BCUT2D eigenvalue weighted by atomic mass is 9.71. The minimum absolute atomic E-state index is 0.342. The highest BCUT2D eigenvalue weighted by Crippen LogP contribution is 2.39. The third kappa shape index (κ3) is 4.09. The second kappa shape index (κ2) is 7.53. The van der Waals surface area contributed by atoms with Gasteiger partial charge in [0.15, 0.2) is 5.82 Å². The van der Waals surface area contributed by atoms with Gasteiger partial charge in [0, 0.05) is 12.5 Å². The predicted octanol–water partition coefficient (Wildman–Crippen LogP) is 2.35. The van der Waals surface area contributed by atoms with Gasteiger partial charge in [0.2, 0.25) is 0 Å². The van der Waals surface area contributed by atoms with Gasteiger partial charge >= 0.3 is 5.97 Å². The SMILES string of the molecule is CC(C)(C)C(C(=O)O)C(Cc1ccc(C2CCNC2)cc1)c1nn[nH]n1. The second-order valence-electron chi connectivity index (χ2n) is 8.19. The van der Waals surface area contributed by atoms with E-state index in [9.17, 15) is 9.90 Å². The number of H-pyrrole nitrogens is 1. The van der Waals surface area contributed by atoms with E-state index in [1.807, 2.05) is 20.8 Å². The minimum atomic E-state index is -0.832. The molecule has 3 unspecified atom stereocenters. The number of aromatic amines is 1. The molecule has 2 heterocycles. The molecule has 26 heavy (non-hydrogen) atoms. The zero-order chi connectivity index (χ0) is 18.7. The van der Waals surface area contributed by atoms with Gasteiger partial charge in [-0.25, -0.2) is 0 Å². The summed E-state index contributed by atoms with van der Waals surface area (Å²) in [6.45, 7) is 7.91. The zero-order valence-electron chi connectivity index (χ0n) is 15.6. The molecule has 1 aromatic heterocycles. The van der Waals surface area contributed by atoms with Crippen LogP contribution in [0.2, 0.25) is 0 Å². The standard InChI is InChI=1S/C19H27N5O2/c1-19(2,3)16(18(25)26)15(17-21-23-24-22-17)10-12-4-6-13(7-5-12)14-8-9-20-11-14/h4-7,14-16,20H,8-11H2,1-3H3,(H,25,26)(H,21,22,23,24). The maximum atomic E-state index is 12.0. The molecule has 7 heteroatoms. The van der Waals surface area contributed by atoms with Crippen molar-refractivity contribution in [3.8, 4) is 0 Å². The van der Waals surface area contributed by atoms with Crippen LogP contribution in [-0.2, 0) is 11.2 Å². The predicted molar refractivity (Wildman–Crippen MR) is 97.9 cm³/mol. The second-order valence-corrected chi connectivity index (χ2v) is 8.19. The monoisotopic (exact) mass is 357 g/mol. The minimum Gasteiger partial charge on any atom is -0.481 e. The lowest BCUT2D eigenvalue weighted by molar-refractivity contribution is -0.146. The summed E-state index contributed by atoms with van der Waals surface area (Å²) in [5.41, 5.74) is 2.00. The number of carboxylic acids is 1. The molecule has 2 aromatic rings. The number of hydrogen-bond donors (Lipinski definition) is 3. The Labute approximate surface area is 153 Å². The van der Waals surface area contributed by atoms with E-state index >= 15 is 0 Å². The van der Waals surface area contributed by atoms with E-state index in [0.717, 1.165) is 25.1 Å². The van der Waals surface area contributed by atoms with Crippen LogP contribution in [0.25, 0.3) is 0 Å². The molecule has 0 spiro atoms. The third-order valence-electron chi connectivity index (χ3n) is 5.26. The van der Waals surface area contributed by atoms with Crippen molar-refractivity contribution in [2.75, 3.05) is 13.1 Å². The molecule has 3 rings (SSSR count). The van der Waals surface area contributed by atoms with Crippen molar-refractivity contribution in [2.24, 2.45) is 11.3 Å². The van der Waals surface area contributed by atoms with Crippen LogP contribution in [0.3, 0.4) is 0 Å². The summed E-state index contributed by atoms with van der Waals surface area (Å²) in [6, 6.07) is 8.52. The Morgan fingerprint density at radius 3 is 2.54 bits per heavy atom. The van der Waals surface area contributed by atoms with Gasteiger partial charge in [0.05, 0.1) is 5.92 Å². The highest BCUT2D eigenvalue weighted by atomic mass is 16.4. The van der Waals surface area contributed by atoms with Crippen LogP contribution in [-0.4, -0.2) is 44.8 Å². The molecule has 7 nitrogen and oxygen atoms in total. The molecule has 0 saturated carbocycles. The lowest BCUT2D eigenvalue weighted by Gasteiger charge is -2.32. The molecule has 3 atom stereocenters. The van der Waals surface area contributed by atoms with E-state index in [4.69, 9.17) is 0 Å². The van der Waals surface area contributed by atoms with E-state index in [1.165, 1.54) is 5.56 Å². The van der Waals surface area contributed by atoms with Gasteiger partial charge in [-0.2, -0.15) is 5.21 Å². The first-order valence-corrected chi connectivity index (χ1v) is 9.12. The van der Waals surface area contributed by atoms with Gasteiger partial charge in [-0.05, 0) is 41.8 Å². The van der Waals surface area contributed by atoms with E-state index in [1.54, 1.807) is 0 Å². The van der Waals surface area contributed by atoms with Crippen molar-refractivity contribution in [3.63, 3.8) is 0 Å². The fraction of sp³-hybridized carbons (Fsp3) is 0.579. The van der Waals surface area contributed by atoms with Gasteiger partial charge in [0.1, 0.15) is 0 Å². The average molecular weight is 357 g/mol. The molecule has 1 fully saturated rings. The highest BCUT2D eigenvalue weighted by molar-refractivity contribution is 5.72. The smallest absolute Gasteiger partial charge is 0.307 e. The number of carboxylic acid groups (broad SMARTS) is 1. The molecule has 0 radical (unpaired) electrons. The van der Waals surface area contributed by atoms with Crippen molar-refractivity contribution in [1.29, 1.82) is 0 Å². The number of carbonyl (C=O) groups is 1. The molecular formula is C19H27N5O2. The van der Waals surface area contributed by atoms with Crippen molar-refractivity contribution in [2.45, 2.75) is 45.4 Å². The number of hydrogen-bond acceptors (Lipinski definition) is 5. The van der Waals surface area contributed by atoms with Crippen molar-refractivity contribution in [1.82, 2.24) is 25.9 Å². The highest BCUT2D eigenvalue weighted by Gasteiger charge is 2.40. The molecule has 1 aromatic carbocycles. The summed E-state index contributed by atoms with van der Waals surface area (Å²) in [6.07, 6.45) is 1.73. The number of rotatable bonds is 6. The number of aliphatic carboxylic acids is 1. The summed E-state index contributed by atoms with van der Waals surface area (Å²) in [5, 5.41) is 27.5. The van der Waals surface area contributed by atoms with Crippen LogP contribution in [0.1, 0.15) is 56.0 Å². The van der Waals surface area contributed by atoms with Gasteiger partial charge < -0.3 is 10.4 Å². The van der Waals surface area contributed by atoms with E-state index in [-0.39, 0.29) is 5.92 Å². The maximum absolute atomic E-state index is 12.0. The number of benzene rings is 1. The van der Waals surface area contributed by atoms with Crippen LogP contribution in [0.4, 0.5) is 0 Å². The van der Waals surface area contributed by atoms with E-state index < -0.39 is 17.3 Å². The number of tetrazole rings is 1. The summed E-state index contributed by atoms with van der Waals surface area (Å²) in [5.74, 6) is -0.764. The van der Waals surface area contributed by atoms with Crippen molar-refractivity contribution >= 4 is 5.97 Å². The fourth-order valence-corrected chi connectivity index (χ4v) is 3.95. The number of aromatic nitrogens is 4. The van der Waals surface area contributed by atoms with Crippen molar-refractivity contribution < 1.29 is 9.90 Å². The molecule has 0 bridgehead atoms. The Kier molecular flexibility index (Phi) is 5.36. The van der Waals surface area contributed by atoms with Gasteiger partial charge in [-0.15, -0.1) is 10.2 Å². The van der Waals surface area contributed by atoms with Gasteiger partial charge in [-0.3, -0.25) is 4.79 Å².